The minimum absolute atomic E-state index is 0.157. The third kappa shape index (κ3) is 2.72. The Labute approximate surface area is 93.7 Å². The Bertz CT molecular complexity index is 398. The van der Waals surface area contributed by atoms with E-state index in [0.717, 1.165) is 12.8 Å². The van der Waals surface area contributed by atoms with Crippen LogP contribution in [0.15, 0.2) is 27.6 Å². The van der Waals surface area contributed by atoms with Crippen LogP contribution in [0.2, 0.25) is 0 Å². The number of hydrogen-bond donors (Lipinski definition) is 1. The summed E-state index contributed by atoms with van der Waals surface area (Å²) >= 11 is 0. The molecule has 0 atom stereocenters. The summed E-state index contributed by atoms with van der Waals surface area (Å²) in [6, 6.07) is 3.02. The summed E-state index contributed by atoms with van der Waals surface area (Å²) in [5.41, 5.74) is -0.0283. The van der Waals surface area contributed by atoms with Gasteiger partial charge in [0.1, 0.15) is 6.26 Å². The molecule has 0 aromatic carbocycles. The number of hydrogen-bond acceptors (Lipinski definition) is 3. The lowest BCUT2D eigenvalue weighted by Gasteiger charge is -2.22. The standard InChI is InChI=1S/C12H15NO3/c14-11-7-6-9(8-16-11)12(15)13-10-4-2-1-3-5-10/h6-8,10H,1-5H2,(H,13,15). The molecule has 1 aliphatic rings. The van der Waals surface area contributed by atoms with E-state index in [2.05, 4.69) is 9.73 Å². The molecule has 0 radical (unpaired) electrons. The summed E-state index contributed by atoms with van der Waals surface area (Å²) in [5, 5.41) is 2.95. The van der Waals surface area contributed by atoms with Gasteiger partial charge in [0.25, 0.3) is 5.91 Å². The van der Waals surface area contributed by atoms with E-state index >= 15 is 0 Å². The maximum Gasteiger partial charge on any atom is 0.335 e. The van der Waals surface area contributed by atoms with E-state index in [1.165, 1.54) is 37.7 Å². The molecule has 1 aromatic heterocycles. The lowest BCUT2D eigenvalue weighted by atomic mass is 9.95. The van der Waals surface area contributed by atoms with Gasteiger partial charge < -0.3 is 9.73 Å². The van der Waals surface area contributed by atoms with Gasteiger partial charge in [-0.15, -0.1) is 0 Å². The summed E-state index contributed by atoms with van der Waals surface area (Å²) in [6.45, 7) is 0. The number of rotatable bonds is 2. The second kappa shape index (κ2) is 4.96. The second-order valence-electron chi connectivity index (χ2n) is 4.15. The molecule has 4 nitrogen and oxygen atoms in total. The largest absolute Gasteiger partial charge is 0.430 e. The highest BCUT2D eigenvalue weighted by molar-refractivity contribution is 5.93. The van der Waals surface area contributed by atoms with Crippen LogP contribution in [0, 0.1) is 0 Å². The fourth-order valence-corrected chi connectivity index (χ4v) is 2.00. The molecule has 0 saturated heterocycles. The smallest absolute Gasteiger partial charge is 0.335 e. The predicted molar refractivity (Wildman–Crippen MR) is 59.3 cm³/mol. The van der Waals surface area contributed by atoms with Crippen LogP contribution in [0.3, 0.4) is 0 Å². The molecule has 2 rings (SSSR count). The average molecular weight is 221 g/mol. The van der Waals surface area contributed by atoms with Gasteiger partial charge in [-0.2, -0.15) is 0 Å². The number of carbonyl (C=O) groups excluding carboxylic acids is 1. The van der Waals surface area contributed by atoms with Crippen molar-refractivity contribution in [1.29, 1.82) is 0 Å². The maximum absolute atomic E-state index is 11.8. The lowest BCUT2D eigenvalue weighted by molar-refractivity contribution is 0.0925. The Kier molecular flexibility index (Phi) is 3.39. The molecule has 16 heavy (non-hydrogen) atoms. The normalized spacial score (nSPS) is 17.0. The van der Waals surface area contributed by atoms with Crippen molar-refractivity contribution in [1.82, 2.24) is 5.32 Å². The van der Waals surface area contributed by atoms with Gasteiger partial charge in [0.2, 0.25) is 0 Å². The first-order valence-electron chi connectivity index (χ1n) is 5.65. The Morgan fingerprint density at radius 3 is 2.62 bits per heavy atom. The van der Waals surface area contributed by atoms with Gasteiger partial charge in [-0.1, -0.05) is 19.3 Å². The summed E-state index contributed by atoms with van der Waals surface area (Å²) in [5.74, 6) is -0.157. The van der Waals surface area contributed by atoms with Crippen molar-refractivity contribution in [3.8, 4) is 0 Å². The monoisotopic (exact) mass is 221 g/mol. The SMILES string of the molecule is O=C(NC1CCCCC1)c1ccc(=O)oc1. The first kappa shape index (κ1) is 10.9. The van der Waals surface area contributed by atoms with Crippen molar-refractivity contribution in [2.75, 3.05) is 0 Å². The molecule has 1 aromatic rings. The van der Waals surface area contributed by atoms with Crippen molar-refractivity contribution in [3.63, 3.8) is 0 Å². The van der Waals surface area contributed by atoms with Gasteiger partial charge in [0, 0.05) is 12.1 Å². The zero-order chi connectivity index (χ0) is 11.4. The lowest BCUT2D eigenvalue weighted by Crippen LogP contribution is -2.36. The fourth-order valence-electron chi connectivity index (χ4n) is 2.00. The van der Waals surface area contributed by atoms with Crippen LogP contribution in [0.25, 0.3) is 0 Å². The minimum atomic E-state index is -0.436. The van der Waals surface area contributed by atoms with Crippen LogP contribution >= 0.6 is 0 Å². The molecule has 1 saturated carbocycles. The first-order valence-corrected chi connectivity index (χ1v) is 5.65. The molecule has 1 amide bonds. The summed E-state index contributed by atoms with van der Waals surface area (Å²) < 4.78 is 4.65. The van der Waals surface area contributed by atoms with Crippen molar-refractivity contribution in [2.24, 2.45) is 0 Å². The van der Waals surface area contributed by atoms with Crippen molar-refractivity contribution in [3.05, 3.63) is 34.4 Å². The first-order chi connectivity index (χ1) is 7.75. The van der Waals surface area contributed by atoms with Gasteiger partial charge in [-0.25, -0.2) is 4.79 Å². The van der Waals surface area contributed by atoms with Crippen LogP contribution < -0.4 is 10.9 Å². The van der Waals surface area contributed by atoms with E-state index in [9.17, 15) is 9.59 Å². The summed E-state index contributed by atoms with van der Waals surface area (Å²) in [4.78, 5) is 22.5. The van der Waals surface area contributed by atoms with Gasteiger partial charge in [0.15, 0.2) is 0 Å². The molecule has 0 unspecified atom stereocenters. The van der Waals surface area contributed by atoms with E-state index in [4.69, 9.17) is 0 Å². The molecular formula is C12H15NO3. The molecular weight excluding hydrogens is 206 g/mol. The highest BCUT2D eigenvalue weighted by Gasteiger charge is 2.16. The predicted octanol–water partition coefficient (Wildman–Crippen LogP) is 1.70. The Balaban J connectivity index is 1.96. The quantitative estimate of drug-likeness (QED) is 0.826. The van der Waals surface area contributed by atoms with Crippen molar-refractivity contribution >= 4 is 5.91 Å². The molecule has 1 heterocycles. The molecule has 1 aliphatic carbocycles. The Morgan fingerprint density at radius 2 is 2.00 bits per heavy atom. The Hall–Kier alpha value is -1.58. The molecule has 1 fully saturated rings. The van der Waals surface area contributed by atoms with Crippen LogP contribution in [0.1, 0.15) is 42.5 Å². The van der Waals surface area contributed by atoms with Gasteiger partial charge in [-0.3, -0.25) is 4.79 Å². The second-order valence-corrected chi connectivity index (χ2v) is 4.15. The number of nitrogens with one attached hydrogen (secondary N) is 1. The van der Waals surface area contributed by atoms with Crippen LogP contribution in [0.4, 0.5) is 0 Å². The van der Waals surface area contributed by atoms with Gasteiger partial charge in [0.05, 0.1) is 5.56 Å². The van der Waals surface area contributed by atoms with E-state index in [1.54, 1.807) is 0 Å². The van der Waals surface area contributed by atoms with E-state index in [1.807, 2.05) is 0 Å². The third-order valence-corrected chi connectivity index (χ3v) is 2.90. The highest BCUT2D eigenvalue weighted by Crippen LogP contribution is 2.17. The molecule has 0 spiro atoms. The molecule has 4 heteroatoms. The zero-order valence-corrected chi connectivity index (χ0v) is 9.07. The Morgan fingerprint density at radius 1 is 1.25 bits per heavy atom. The minimum Gasteiger partial charge on any atom is -0.430 e. The van der Waals surface area contributed by atoms with Crippen molar-refractivity contribution in [2.45, 2.75) is 38.1 Å². The maximum atomic E-state index is 11.8. The van der Waals surface area contributed by atoms with Crippen LogP contribution in [0.5, 0.6) is 0 Å². The number of carbonyl (C=O) groups is 1. The topological polar surface area (TPSA) is 59.3 Å². The van der Waals surface area contributed by atoms with Crippen molar-refractivity contribution < 1.29 is 9.21 Å². The third-order valence-electron chi connectivity index (χ3n) is 2.90. The molecule has 0 bridgehead atoms. The fraction of sp³-hybridized carbons (Fsp3) is 0.500. The average Bonchev–Trinajstić information content (AvgIpc) is 2.31. The number of amides is 1. The molecule has 86 valence electrons. The molecule has 1 N–H and O–H groups in total. The van der Waals surface area contributed by atoms with Crippen LogP contribution in [-0.2, 0) is 0 Å². The van der Waals surface area contributed by atoms with Gasteiger partial charge >= 0.3 is 5.63 Å². The van der Waals surface area contributed by atoms with Gasteiger partial charge in [-0.05, 0) is 18.9 Å². The summed E-state index contributed by atoms with van der Waals surface area (Å²) in [7, 11) is 0. The van der Waals surface area contributed by atoms with E-state index in [-0.39, 0.29) is 11.9 Å². The highest BCUT2D eigenvalue weighted by atomic mass is 16.4. The van der Waals surface area contributed by atoms with E-state index in [0.29, 0.717) is 5.56 Å². The van der Waals surface area contributed by atoms with E-state index < -0.39 is 5.63 Å². The van der Waals surface area contributed by atoms with Crippen LogP contribution in [-0.4, -0.2) is 11.9 Å². The summed E-state index contributed by atoms with van der Waals surface area (Å²) in [6.07, 6.45) is 6.90. The molecule has 0 aliphatic heterocycles. The zero-order valence-electron chi connectivity index (χ0n) is 9.07.